The number of primary amides is 1. The fraction of sp³-hybridized carbons (Fsp3) is 0.0556. The van der Waals surface area contributed by atoms with Crippen molar-refractivity contribution in [1.82, 2.24) is 4.98 Å². The van der Waals surface area contributed by atoms with E-state index < -0.39 is 5.91 Å². The lowest BCUT2D eigenvalue weighted by Crippen LogP contribution is -2.11. The van der Waals surface area contributed by atoms with Crippen molar-refractivity contribution in [2.45, 2.75) is 6.54 Å². The summed E-state index contributed by atoms with van der Waals surface area (Å²) in [6, 6.07) is 14.5. The maximum absolute atomic E-state index is 11.3. The molecule has 5 nitrogen and oxygen atoms in total. The second kappa shape index (κ2) is 6.57. The van der Waals surface area contributed by atoms with Crippen molar-refractivity contribution in [3.8, 4) is 6.07 Å². The fourth-order valence-corrected chi connectivity index (χ4v) is 2.64. The Hall–Kier alpha value is -3.10. The molecule has 0 aliphatic carbocycles. The van der Waals surface area contributed by atoms with Gasteiger partial charge in [-0.2, -0.15) is 5.26 Å². The highest BCUT2D eigenvalue weighted by atomic mass is 35.5. The number of nitrogens with zero attached hydrogens (tertiary/aromatic N) is 2. The average Bonchev–Trinajstić information content (AvgIpc) is 2.59. The van der Waals surface area contributed by atoms with Crippen LogP contribution in [0.5, 0.6) is 0 Å². The van der Waals surface area contributed by atoms with Gasteiger partial charge in [-0.15, -0.1) is 0 Å². The number of halogens is 1. The summed E-state index contributed by atoms with van der Waals surface area (Å²) in [7, 11) is 0. The predicted octanol–water partition coefficient (Wildman–Crippen LogP) is 3.47. The standard InChI is InChI=1S/C18H13ClN4O/c19-14-4-5-16-15(7-14)17(13(8-20)10-22-16)23-9-11-2-1-3-12(6-11)18(21)24/h1-7,10H,9H2,(H2,21,24)(H,22,23). The number of aromatic nitrogens is 1. The topological polar surface area (TPSA) is 91.8 Å². The van der Waals surface area contributed by atoms with Gasteiger partial charge in [0.2, 0.25) is 5.91 Å². The Kier molecular flexibility index (Phi) is 4.32. The zero-order valence-corrected chi connectivity index (χ0v) is 13.3. The number of hydrogen-bond donors (Lipinski definition) is 2. The van der Waals surface area contributed by atoms with E-state index in [9.17, 15) is 10.1 Å². The molecule has 1 aromatic heterocycles. The highest BCUT2D eigenvalue weighted by molar-refractivity contribution is 6.31. The molecule has 24 heavy (non-hydrogen) atoms. The third-order valence-electron chi connectivity index (χ3n) is 3.63. The summed E-state index contributed by atoms with van der Waals surface area (Å²) in [5.41, 5.74) is 8.45. The molecule has 3 aromatic rings. The van der Waals surface area contributed by atoms with Crippen molar-refractivity contribution < 1.29 is 4.79 Å². The van der Waals surface area contributed by atoms with Crippen molar-refractivity contribution in [3.05, 3.63) is 70.4 Å². The first kappa shape index (κ1) is 15.8. The molecule has 0 aliphatic rings. The maximum Gasteiger partial charge on any atom is 0.248 e. The van der Waals surface area contributed by atoms with E-state index in [1.807, 2.05) is 6.07 Å². The van der Waals surface area contributed by atoms with Gasteiger partial charge in [0.1, 0.15) is 6.07 Å². The molecule has 3 N–H and O–H groups in total. The van der Waals surface area contributed by atoms with Crippen LogP contribution in [0.4, 0.5) is 5.69 Å². The molecule has 1 amide bonds. The summed E-state index contributed by atoms with van der Waals surface area (Å²) < 4.78 is 0. The number of nitrogens with two attached hydrogens (primary N) is 1. The minimum Gasteiger partial charge on any atom is -0.379 e. The Balaban J connectivity index is 1.98. The van der Waals surface area contributed by atoms with Crippen molar-refractivity contribution in [3.63, 3.8) is 0 Å². The largest absolute Gasteiger partial charge is 0.379 e. The van der Waals surface area contributed by atoms with Crippen LogP contribution < -0.4 is 11.1 Å². The van der Waals surface area contributed by atoms with E-state index in [1.165, 1.54) is 6.20 Å². The molecule has 3 rings (SSSR count). The van der Waals surface area contributed by atoms with Crippen molar-refractivity contribution in [1.29, 1.82) is 5.26 Å². The number of nitrogens with one attached hydrogen (secondary N) is 1. The van der Waals surface area contributed by atoms with Gasteiger partial charge in [0.15, 0.2) is 0 Å². The van der Waals surface area contributed by atoms with E-state index in [1.54, 1.807) is 36.4 Å². The molecule has 0 fully saturated rings. The number of nitriles is 1. The Morgan fingerprint density at radius 2 is 2.12 bits per heavy atom. The molecule has 0 unspecified atom stereocenters. The summed E-state index contributed by atoms with van der Waals surface area (Å²) in [5, 5.41) is 13.9. The minimum atomic E-state index is -0.476. The third kappa shape index (κ3) is 3.14. The Labute approximate surface area is 143 Å². The first-order chi connectivity index (χ1) is 11.6. The first-order valence-electron chi connectivity index (χ1n) is 7.19. The second-order valence-corrected chi connectivity index (χ2v) is 5.67. The van der Waals surface area contributed by atoms with Gasteiger partial charge in [0, 0.05) is 28.7 Å². The van der Waals surface area contributed by atoms with Crippen LogP contribution in [0.3, 0.4) is 0 Å². The van der Waals surface area contributed by atoms with Gasteiger partial charge >= 0.3 is 0 Å². The molecule has 1 heterocycles. The summed E-state index contributed by atoms with van der Waals surface area (Å²) in [6.07, 6.45) is 1.53. The predicted molar refractivity (Wildman–Crippen MR) is 93.8 cm³/mol. The number of pyridine rings is 1. The molecule has 0 bridgehead atoms. The molecule has 118 valence electrons. The van der Waals surface area contributed by atoms with Crippen LogP contribution in [0.2, 0.25) is 5.02 Å². The molecule has 0 spiro atoms. The lowest BCUT2D eigenvalue weighted by Gasteiger charge is -2.12. The number of hydrogen-bond acceptors (Lipinski definition) is 4. The van der Waals surface area contributed by atoms with Crippen molar-refractivity contribution in [2.24, 2.45) is 5.73 Å². The van der Waals surface area contributed by atoms with Gasteiger partial charge in [-0.05, 0) is 35.9 Å². The number of benzene rings is 2. The fourth-order valence-electron chi connectivity index (χ4n) is 2.47. The van der Waals surface area contributed by atoms with Gasteiger partial charge in [-0.1, -0.05) is 23.7 Å². The molecule has 0 atom stereocenters. The van der Waals surface area contributed by atoms with E-state index in [-0.39, 0.29) is 0 Å². The minimum absolute atomic E-state index is 0.427. The summed E-state index contributed by atoms with van der Waals surface area (Å²) in [6.45, 7) is 0.432. The van der Waals surface area contributed by atoms with Crippen LogP contribution in [0.25, 0.3) is 10.9 Å². The molecule has 0 saturated heterocycles. The van der Waals surface area contributed by atoms with Crippen LogP contribution in [-0.2, 0) is 6.54 Å². The molecule has 0 radical (unpaired) electrons. The third-order valence-corrected chi connectivity index (χ3v) is 3.87. The van der Waals surface area contributed by atoms with Gasteiger partial charge in [0.05, 0.1) is 16.8 Å². The average molecular weight is 337 g/mol. The highest BCUT2D eigenvalue weighted by Crippen LogP contribution is 2.28. The molecule has 0 saturated carbocycles. The zero-order valence-electron chi connectivity index (χ0n) is 12.6. The van der Waals surface area contributed by atoms with Gasteiger partial charge < -0.3 is 11.1 Å². The van der Waals surface area contributed by atoms with E-state index >= 15 is 0 Å². The molecular weight excluding hydrogens is 324 g/mol. The van der Waals surface area contributed by atoms with E-state index in [0.717, 1.165) is 16.5 Å². The lowest BCUT2D eigenvalue weighted by molar-refractivity contribution is 0.1000. The van der Waals surface area contributed by atoms with Crippen LogP contribution >= 0.6 is 11.6 Å². The second-order valence-electron chi connectivity index (χ2n) is 5.24. The van der Waals surface area contributed by atoms with E-state index in [4.69, 9.17) is 17.3 Å². The number of rotatable bonds is 4. The number of amides is 1. The molecule has 2 aromatic carbocycles. The van der Waals surface area contributed by atoms with Crippen molar-refractivity contribution >= 4 is 34.1 Å². The Morgan fingerprint density at radius 1 is 1.29 bits per heavy atom. The Bertz CT molecular complexity index is 978. The number of anilines is 1. The highest BCUT2D eigenvalue weighted by Gasteiger charge is 2.10. The summed E-state index contributed by atoms with van der Waals surface area (Å²) in [4.78, 5) is 15.5. The van der Waals surface area contributed by atoms with Crippen molar-refractivity contribution in [2.75, 3.05) is 5.32 Å². The first-order valence-corrected chi connectivity index (χ1v) is 7.57. The molecule has 0 aliphatic heterocycles. The number of fused-ring (bicyclic) bond motifs is 1. The smallest absolute Gasteiger partial charge is 0.248 e. The van der Waals surface area contributed by atoms with Crippen LogP contribution in [0.1, 0.15) is 21.5 Å². The molecule has 6 heteroatoms. The van der Waals surface area contributed by atoms with Crippen LogP contribution in [0, 0.1) is 11.3 Å². The van der Waals surface area contributed by atoms with Crippen LogP contribution in [-0.4, -0.2) is 10.9 Å². The molecular formula is C18H13ClN4O. The SMILES string of the molecule is N#Cc1cnc2ccc(Cl)cc2c1NCc1cccc(C(N)=O)c1. The number of carbonyl (C=O) groups excluding carboxylic acids is 1. The number of carbonyl (C=O) groups is 1. The van der Waals surface area contributed by atoms with E-state index in [2.05, 4.69) is 16.4 Å². The monoisotopic (exact) mass is 336 g/mol. The van der Waals surface area contributed by atoms with Crippen LogP contribution in [0.15, 0.2) is 48.7 Å². The quantitative estimate of drug-likeness (QED) is 0.763. The zero-order chi connectivity index (χ0) is 17.1. The Morgan fingerprint density at radius 3 is 2.88 bits per heavy atom. The normalized spacial score (nSPS) is 10.3. The lowest BCUT2D eigenvalue weighted by atomic mass is 10.1. The van der Waals surface area contributed by atoms with Gasteiger partial charge in [-0.25, -0.2) is 0 Å². The maximum atomic E-state index is 11.3. The van der Waals surface area contributed by atoms with Gasteiger partial charge in [0.25, 0.3) is 0 Å². The van der Waals surface area contributed by atoms with Gasteiger partial charge in [-0.3, -0.25) is 9.78 Å². The summed E-state index contributed by atoms with van der Waals surface area (Å²) >= 11 is 6.07. The van der Waals surface area contributed by atoms with E-state index in [0.29, 0.717) is 28.4 Å². The summed E-state index contributed by atoms with van der Waals surface area (Å²) in [5.74, 6) is -0.476.